The molecule has 4 heteroatoms. The number of carbonyl (C=O) groups excluding carboxylic acids is 1. The first-order valence-electron chi connectivity index (χ1n) is 6.65. The van der Waals surface area contributed by atoms with E-state index in [0.29, 0.717) is 6.04 Å². The first-order valence-corrected chi connectivity index (χ1v) is 6.65. The lowest BCUT2D eigenvalue weighted by Crippen LogP contribution is -2.17. The monoisotopic (exact) mass is 253 g/mol. The molecule has 1 aliphatic carbocycles. The summed E-state index contributed by atoms with van der Waals surface area (Å²) in [6.07, 6.45) is 6.44. The predicted octanol–water partition coefficient (Wildman–Crippen LogP) is 2.47. The maximum Gasteiger partial charge on any atom is 0.254 e. The highest BCUT2D eigenvalue weighted by atomic mass is 16.2. The van der Waals surface area contributed by atoms with Gasteiger partial charge in [0, 0.05) is 30.9 Å². The topological polar surface area (TPSA) is 38.1 Å². The maximum absolute atomic E-state index is 12.0. The first-order chi connectivity index (χ1) is 9.22. The van der Waals surface area contributed by atoms with Crippen LogP contribution in [0.15, 0.2) is 30.6 Å². The Hall–Kier alpha value is -2.10. The fourth-order valence-corrected chi connectivity index (χ4v) is 2.65. The molecule has 2 heterocycles. The Morgan fingerprint density at radius 2 is 2.11 bits per heavy atom. The van der Waals surface area contributed by atoms with Gasteiger partial charge in [0.15, 0.2) is 0 Å². The highest BCUT2D eigenvalue weighted by Gasteiger charge is 2.26. The molecule has 19 heavy (non-hydrogen) atoms. The van der Waals surface area contributed by atoms with E-state index in [1.54, 1.807) is 4.90 Å². The summed E-state index contributed by atoms with van der Waals surface area (Å²) >= 11 is 0. The van der Waals surface area contributed by atoms with Crippen molar-refractivity contribution < 1.29 is 4.79 Å². The van der Waals surface area contributed by atoms with Crippen LogP contribution in [0.3, 0.4) is 0 Å². The molecule has 0 unspecified atom stereocenters. The van der Waals surface area contributed by atoms with Gasteiger partial charge < -0.3 is 4.90 Å². The molecular weight excluding hydrogens is 238 g/mol. The van der Waals surface area contributed by atoms with E-state index < -0.39 is 0 Å². The summed E-state index contributed by atoms with van der Waals surface area (Å²) < 4.78 is 2.04. The molecule has 0 spiro atoms. The van der Waals surface area contributed by atoms with Gasteiger partial charge >= 0.3 is 0 Å². The van der Waals surface area contributed by atoms with Crippen LogP contribution in [0.5, 0.6) is 0 Å². The van der Waals surface area contributed by atoms with Gasteiger partial charge in [-0.2, -0.15) is 5.10 Å². The number of fused-ring (bicyclic) bond motifs is 1. The number of rotatable bonds is 2. The van der Waals surface area contributed by atoms with Crippen molar-refractivity contribution in [1.82, 2.24) is 14.7 Å². The molecule has 0 atom stereocenters. The van der Waals surface area contributed by atoms with Gasteiger partial charge in [-0.05, 0) is 30.0 Å². The summed E-state index contributed by atoms with van der Waals surface area (Å²) in [7, 11) is 1.84. The average molecular weight is 253 g/mol. The third-order valence-corrected chi connectivity index (χ3v) is 3.95. The van der Waals surface area contributed by atoms with E-state index in [4.69, 9.17) is 0 Å². The normalized spacial score (nSPS) is 17.9. The van der Waals surface area contributed by atoms with Crippen LogP contribution < -0.4 is 0 Å². The van der Waals surface area contributed by atoms with Crippen molar-refractivity contribution >= 4 is 5.91 Å². The summed E-state index contributed by atoms with van der Waals surface area (Å²) in [5.41, 5.74) is 4.12. The summed E-state index contributed by atoms with van der Waals surface area (Å²) in [6, 6.07) is 6.73. The number of hydrogen-bond donors (Lipinski definition) is 0. The molecule has 1 aromatic heterocycles. The average Bonchev–Trinajstić information content (AvgIpc) is 3.08. The zero-order chi connectivity index (χ0) is 13.0. The maximum atomic E-state index is 12.0. The number of aromatic nitrogens is 2. The molecule has 1 aromatic carbocycles. The minimum absolute atomic E-state index is 0.117. The van der Waals surface area contributed by atoms with Gasteiger partial charge in [0.25, 0.3) is 5.91 Å². The van der Waals surface area contributed by atoms with Crippen LogP contribution >= 0.6 is 0 Å². The van der Waals surface area contributed by atoms with Gasteiger partial charge in [-0.25, -0.2) is 0 Å². The van der Waals surface area contributed by atoms with Crippen molar-refractivity contribution in [1.29, 1.82) is 0 Å². The molecule has 1 aliphatic heterocycles. The minimum Gasteiger partial charge on any atom is -0.337 e. The fourth-order valence-electron chi connectivity index (χ4n) is 2.65. The van der Waals surface area contributed by atoms with Crippen LogP contribution in [-0.2, 0) is 6.54 Å². The standard InChI is InChI=1S/C15H15N3O/c1-17-8-11-3-2-10(6-14(11)15(17)19)12-7-16-18(9-12)13-4-5-13/h2-3,6-7,9,13H,4-5,8H2,1H3. The van der Waals surface area contributed by atoms with E-state index in [0.717, 1.165) is 28.8 Å². The molecule has 0 radical (unpaired) electrons. The smallest absolute Gasteiger partial charge is 0.254 e. The second-order valence-electron chi connectivity index (χ2n) is 5.47. The van der Waals surface area contributed by atoms with Gasteiger partial charge in [0.1, 0.15) is 0 Å². The van der Waals surface area contributed by atoms with Crippen LogP contribution in [0.4, 0.5) is 0 Å². The number of hydrogen-bond acceptors (Lipinski definition) is 2. The number of benzene rings is 1. The van der Waals surface area contributed by atoms with Gasteiger partial charge in [0.2, 0.25) is 0 Å². The van der Waals surface area contributed by atoms with Crippen molar-refractivity contribution in [2.75, 3.05) is 7.05 Å². The Morgan fingerprint density at radius 1 is 1.26 bits per heavy atom. The van der Waals surface area contributed by atoms with E-state index in [-0.39, 0.29) is 5.91 Å². The van der Waals surface area contributed by atoms with Gasteiger partial charge in [-0.1, -0.05) is 12.1 Å². The van der Waals surface area contributed by atoms with E-state index in [1.165, 1.54) is 12.8 Å². The lowest BCUT2D eigenvalue weighted by molar-refractivity contribution is 0.0816. The molecule has 0 bridgehead atoms. The van der Waals surface area contributed by atoms with Crippen molar-refractivity contribution in [3.05, 3.63) is 41.7 Å². The molecular formula is C15H15N3O. The summed E-state index contributed by atoms with van der Waals surface area (Å²) in [6.45, 7) is 0.718. The summed E-state index contributed by atoms with van der Waals surface area (Å²) in [4.78, 5) is 13.8. The molecule has 4 rings (SSSR count). The second kappa shape index (κ2) is 3.70. The Bertz CT molecular complexity index is 670. The van der Waals surface area contributed by atoms with Crippen molar-refractivity contribution in [3.8, 4) is 11.1 Å². The fraction of sp³-hybridized carbons (Fsp3) is 0.333. The third kappa shape index (κ3) is 1.67. The number of nitrogens with zero attached hydrogens (tertiary/aromatic N) is 3. The van der Waals surface area contributed by atoms with Crippen molar-refractivity contribution in [3.63, 3.8) is 0 Å². The van der Waals surface area contributed by atoms with Crippen molar-refractivity contribution in [2.24, 2.45) is 0 Å². The Morgan fingerprint density at radius 3 is 2.89 bits per heavy atom. The molecule has 1 amide bonds. The minimum atomic E-state index is 0.117. The zero-order valence-electron chi connectivity index (χ0n) is 10.8. The first kappa shape index (κ1) is 10.8. The van der Waals surface area contributed by atoms with E-state index >= 15 is 0 Å². The van der Waals surface area contributed by atoms with Crippen LogP contribution in [0.2, 0.25) is 0 Å². The Balaban J connectivity index is 1.73. The number of carbonyl (C=O) groups is 1. The molecule has 1 fully saturated rings. The van der Waals surface area contributed by atoms with Gasteiger partial charge in [-0.15, -0.1) is 0 Å². The van der Waals surface area contributed by atoms with E-state index in [9.17, 15) is 4.79 Å². The molecule has 2 aromatic rings. The largest absolute Gasteiger partial charge is 0.337 e. The lowest BCUT2D eigenvalue weighted by Gasteiger charge is -2.04. The van der Waals surface area contributed by atoms with Gasteiger partial charge in [-0.3, -0.25) is 9.48 Å². The Labute approximate surface area is 111 Å². The quantitative estimate of drug-likeness (QED) is 0.824. The predicted molar refractivity (Wildman–Crippen MR) is 71.7 cm³/mol. The molecule has 0 N–H and O–H groups in total. The lowest BCUT2D eigenvalue weighted by atomic mass is 10.0. The van der Waals surface area contributed by atoms with Crippen LogP contribution in [-0.4, -0.2) is 27.6 Å². The Kier molecular flexibility index (Phi) is 2.10. The molecule has 96 valence electrons. The highest BCUT2D eigenvalue weighted by Crippen LogP contribution is 2.35. The highest BCUT2D eigenvalue weighted by molar-refractivity contribution is 5.99. The van der Waals surface area contributed by atoms with Crippen LogP contribution in [0, 0.1) is 0 Å². The summed E-state index contributed by atoms with van der Waals surface area (Å²) in [5.74, 6) is 0.117. The van der Waals surface area contributed by atoms with E-state index in [2.05, 4.69) is 23.4 Å². The van der Waals surface area contributed by atoms with Crippen molar-refractivity contribution in [2.45, 2.75) is 25.4 Å². The van der Waals surface area contributed by atoms with Gasteiger partial charge in [0.05, 0.1) is 12.2 Å². The second-order valence-corrected chi connectivity index (χ2v) is 5.47. The zero-order valence-corrected chi connectivity index (χ0v) is 10.8. The molecule has 2 aliphatic rings. The van der Waals surface area contributed by atoms with Crippen LogP contribution in [0.1, 0.15) is 34.8 Å². The van der Waals surface area contributed by atoms with Crippen LogP contribution in [0.25, 0.3) is 11.1 Å². The molecule has 4 nitrogen and oxygen atoms in total. The van der Waals surface area contributed by atoms with E-state index in [1.807, 2.05) is 24.0 Å². The molecule has 1 saturated carbocycles. The SMILES string of the molecule is CN1Cc2ccc(-c3cnn(C4CC4)c3)cc2C1=O. The molecule has 0 saturated heterocycles. The number of amides is 1. The third-order valence-electron chi connectivity index (χ3n) is 3.95. The summed E-state index contributed by atoms with van der Waals surface area (Å²) in [5, 5.41) is 4.40.